The van der Waals surface area contributed by atoms with Gasteiger partial charge in [0.2, 0.25) is 4.77 Å². The van der Waals surface area contributed by atoms with E-state index in [0.717, 1.165) is 24.4 Å². The highest BCUT2D eigenvalue weighted by Gasteiger charge is 2.37. The van der Waals surface area contributed by atoms with Crippen LogP contribution in [0.1, 0.15) is 38.4 Å². The molecule has 0 radical (unpaired) electrons. The minimum atomic E-state index is -3.48. The van der Waals surface area contributed by atoms with Crippen LogP contribution in [0.5, 0.6) is 0 Å². The zero-order valence-electron chi connectivity index (χ0n) is 19.2. The monoisotopic (exact) mass is 492 g/mol. The molecule has 1 saturated carbocycles. The summed E-state index contributed by atoms with van der Waals surface area (Å²) in [6.07, 6.45) is 2.11. The molecule has 0 spiro atoms. The van der Waals surface area contributed by atoms with Gasteiger partial charge in [0.15, 0.2) is 0 Å². The van der Waals surface area contributed by atoms with Crippen molar-refractivity contribution < 1.29 is 13.2 Å². The Hall–Kier alpha value is -1.63. The number of piperazine rings is 1. The number of hydrogen-bond donors (Lipinski definition) is 0. The van der Waals surface area contributed by atoms with Crippen molar-refractivity contribution in [2.24, 2.45) is 0 Å². The molecule has 3 aliphatic rings. The molecule has 0 bridgehead atoms. The highest BCUT2D eigenvalue weighted by molar-refractivity contribution is 7.86. The van der Waals surface area contributed by atoms with Crippen LogP contribution in [0.15, 0.2) is 30.3 Å². The van der Waals surface area contributed by atoms with E-state index in [-0.39, 0.29) is 12.2 Å². The minimum Gasteiger partial charge on any atom is -0.373 e. The first kappa shape index (κ1) is 23.1. The van der Waals surface area contributed by atoms with Gasteiger partial charge in [0, 0.05) is 50.9 Å². The maximum absolute atomic E-state index is 13.2. The number of nitrogens with zero attached hydrogens (tertiary/aromatic N) is 6. The van der Waals surface area contributed by atoms with Gasteiger partial charge in [-0.15, -0.1) is 0 Å². The van der Waals surface area contributed by atoms with Crippen LogP contribution in [0.2, 0.25) is 0 Å². The van der Waals surface area contributed by atoms with E-state index in [1.165, 1.54) is 0 Å². The molecule has 9 nitrogen and oxygen atoms in total. The van der Waals surface area contributed by atoms with Gasteiger partial charge in [-0.25, -0.2) is 4.68 Å². The smallest absolute Gasteiger partial charge is 0.282 e. The van der Waals surface area contributed by atoms with Gasteiger partial charge < -0.3 is 4.74 Å². The van der Waals surface area contributed by atoms with Crippen molar-refractivity contribution in [3.05, 3.63) is 40.9 Å². The Labute approximate surface area is 200 Å². The molecule has 2 aromatic rings. The van der Waals surface area contributed by atoms with Gasteiger partial charge in [0.25, 0.3) is 10.2 Å². The number of para-hydroxylation sites is 1. The maximum atomic E-state index is 13.2. The highest BCUT2D eigenvalue weighted by atomic mass is 32.2. The number of morpholine rings is 1. The molecular formula is C22H32N6O3S2. The summed E-state index contributed by atoms with van der Waals surface area (Å²) in [7, 11) is -3.48. The Morgan fingerprint density at radius 2 is 1.64 bits per heavy atom. The van der Waals surface area contributed by atoms with Gasteiger partial charge in [-0.1, -0.05) is 18.2 Å². The number of aromatic nitrogens is 3. The van der Waals surface area contributed by atoms with E-state index >= 15 is 0 Å². The third kappa shape index (κ3) is 4.80. The second kappa shape index (κ2) is 9.20. The zero-order chi connectivity index (χ0) is 23.2. The highest BCUT2D eigenvalue weighted by Crippen LogP contribution is 2.40. The van der Waals surface area contributed by atoms with E-state index in [1.807, 2.05) is 36.7 Å². The van der Waals surface area contributed by atoms with E-state index in [2.05, 4.69) is 21.6 Å². The molecule has 1 aromatic heterocycles. The van der Waals surface area contributed by atoms with Crippen molar-refractivity contribution in [3.8, 4) is 5.69 Å². The standard InChI is InChI=1S/C22H32N6O3S2/c1-17-14-26(15-18(2)31-17)33(29,30)25-12-10-24(11-13-25)16-27-22(32)28(20-6-4-3-5-7-20)21(23-27)19-8-9-19/h3-7,17-19H,8-16H2,1-2H3. The van der Waals surface area contributed by atoms with Crippen LogP contribution in [0.25, 0.3) is 5.69 Å². The Balaban J connectivity index is 1.27. The second-order valence-electron chi connectivity index (χ2n) is 9.33. The van der Waals surface area contributed by atoms with Gasteiger partial charge in [-0.3, -0.25) is 9.47 Å². The van der Waals surface area contributed by atoms with Crippen molar-refractivity contribution in [2.75, 3.05) is 39.3 Å². The number of benzene rings is 1. The predicted octanol–water partition coefficient (Wildman–Crippen LogP) is 2.21. The zero-order valence-corrected chi connectivity index (χ0v) is 20.8. The van der Waals surface area contributed by atoms with E-state index in [9.17, 15) is 8.42 Å². The molecular weight excluding hydrogens is 460 g/mol. The lowest BCUT2D eigenvalue weighted by molar-refractivity contribution is -0.0458. The first-order valence-corrected chi connectivity index (χ1v) is 13.5. The first-order valence-electron chi connectivity index (χ1n) is 11.7. The Morgan fingerprint density at radius 3 is 2.24 bits per heavy atom. The van der Waals surface area contributed by atoms with Crippen molar-refractivity contribution >= 4 is 22.4 Å². The molecule has 2 aliphatic heterocycles. The van der Waals surface area contributed by atoms with Crippen molar-refractivity contribution in [2.45, 2.75) is 51.5 Å². The topological polar surface area (TPSA) is 75.8 Å². The number of ether oxygens (including phenoxy) is 1. The molecule has 1 aromatic carbocycles. The minimum absolute atomic E-state index is 0.0907. The van der Waals surface area contributed by atoms with Crippen LogP contribution < -0.4 is 0 Å². The Morgan fingerprint density at radius 1 is 1.00 bits per heavy atom. The summed E-state index contributed by atoms with van der Waals surface area (Å²) in [6.45, 7) is 7.44. The molecule has 0 N–H and O–H groups in total. The van der Waals surface area contributed by atoms with Gasteiger partial charge >= 0.3 is 0 Å². The lowest BCUT2D eigenvalue weighted by atomic mass is 10.3. The number of rotatable bonds is 6. The van der Waals surface area contributed by atoms with E-state index < -0.39 is 10.2 Å². The quantitative estimate of drug-likeness (QED) is 0.576. The third-order valence-corrected chi connectivity index (χ3v) is 8.89. The fourth-order valence-electron chi connectivity index (χ4n) is 4.72. The molecule has 2 atom stereocenters. The summed E-state index contributed by atoms with van der Waals surface area (Å²) in [5, 5.41) is 4.88. The lowest BCUT2D eigenvalue weighted by Gasteiger charge is -2.40. The number of hydrogen-bond acceptors (Lipinski definition) is 6. The van der Waals surface area contributed by atoms with Crippen LogP contribution in [0.3, 0.4) is 0 Å². The van der Waals surface area contributed by atoms with Crippen molar-refractivity contribution in [1.82, 2.24) is 27.9 Å². The van der Waals surface area contributed by atoms with E-state index in [0.29, 0.717) is 56.6 Å². The van der Waals surface area contributed by atoms with E-state index in [1.54, 1.807) is 8.61 Å². The van der Waals surface area contributed by atoms with Crippen LogP contribution >= 0.6 is 12.2 Å². The molecule has 5 rings (SSSR count). The summed E-state index contributed by atoms with van der Waals surface area (Å²) in [5.74, 6) is 1.50. The predicted molar refractivity (Wildman–Crippen MR) is 128 cm³/mol. The molecule has 11 heteroatoms. The van der Waals surface area contributed by atoms with Crippen LogP contribution in [-0.2, 0) is 21.6 Å². The molecule has 2 unspecified atom stereocenters. The Bertz CT molecular complexity index is 1130. The average molecular weight is 493 g/mol. The molecule has 33 heavy (non-hydrogen) atoms. The molecule has 1 aliphatic carbocycles. The second-order valence-corrected chi connectivity index (χ2v) is 11.6. The lowest BCUT2D eigenvalue weighted by Crippen LogP contribution is -2.57. The Kier molecular flexibility index (Phi) is 6.45. The fraction of sp³-hybridized carbons (Fsp3) is 0.636. The molecule has 2 saturated heterocycles. The molecule has 180 valence electrons. The van der Waals surface area contributed by atoms with E-state index in [4.69, 9.17) is 22.1 Å². The summed E-state index contributed by atoms with van der Waals surface area (Å²) >= 11 is 5.81. The van der Waals surface area contributed by atoms with Gasteiger partial charge in [-0.2, -0.15) is 22.1 Å². The summed E-state index contributed by atoms with van der Waals surface area (Å²) < 4.78 is 39.9. The SMILES string of the molecule is CC1CN(S(=O)(=O)N2CCN(Cn3nc(C4CC4)n(-c4ccccc4)c3=S)CC2)CC(C)O1. The first-order chi connectivity index (χ1) is 15.8. The van der Waals surface area contributed by atoms with Crippen molar-refractivity contribution in [1.29, 1.82) is 0 Å². The van der Waals surface area contributed by atoms with Crippen LogP contribution in [-0.4, -0.2) is 87.8 Å². The normalized spacial score (nSPS) is 26.0. The average Bonchev–Trinajstić information content (AvgIpc) is 3.59. The van der Waals surface area contributed by atoms with Gasteiger partial charge in [0.05, 0.1) is 18.9 Å². The summed E-state index contributed by atoms with van der Waals surface area (Å²) in [5.41, 5.74) is 1.04. The fourth-order valence-corrected chi connectivity index (χ4v) is 6.76. The molecule has 3 heterocycles. The summed E-state index contributed by atoms with van der Waals surface area (Å²) in [4.78, 5) is 2.23. The molecule has 0 amide bonds. The molecule has 3 fully saturated rings. The van der Waals surface area contributed by atoms with Crippen LogP contribution in [0, 0.1) is 4.77 Å². The maximum Gasteiger partial charge on any atom is 0.282 e. The largest absolute Gasteiger partial charge is 0.373 e. The van der Waals surface area contributed by atoms with Gasteiger partial charge in [-0.05, 0) is 51.0 Å². The van der Waals surface area contributed by atoms with Crippen LogP contribution in [0.4, 0.5) is 0 Å². The third-order valence-electron chi connectivity index (χ3n) is 6.53. The van der Waals surface area contributed by atoms with Crippen molar-refractivity contribution in [3.63, 3.8) is 0 Å². The summed E-state index contributed by atoms with van der Waals surface area (Å²) in [6, 6.07) is 10.1. The van der Waals surface area contributed by atoms with Gasteiger partial charge in [0.1, 0.15) is 5.82 Å².